The molecule has 3 nitrogen and oxygen atoms in total. The molecule has 2 atom stereocenters. The zero-order valence-electron chi connectivity index (χ0n) is 12.6. The highest BCUT2D eigenvalue weighted by atomic mass is 35.5. The van der Waals surface area contributed by atoms with E-state index in [1.54, 1.807) is 7.11 Å². The summed E-state index contributed by atoms with van der Waals surface area (Å²) in [6.07, 6.45) is 0. The van der Waals surface area contributed by atoms with Crippen molar-refractivity contribution in [2.75, 3.05) is 20.2 Å². The van der Waals surface area contributed by atoms with Gasteiger partial charge in [0.2, 0.25) is 0 Å². The molecule has 2 aromatic rings. The molecular formula is C17H23ClN2O. The molecule has 0 spiro atoms. The van der Waals surface area contributed by atoms with Crippen LogP contribution in [0.3, 0.4) is 0 Å². The first-order chi connectivity index (χ1) is 9.69. The third-order valence-corrected chi connectivity index (χ3v) is 4.35. The quantitative estimate of drug-likeness (QED) is 0.947. The molecule has 21 heavy (non-hydrogen) atoms. The molecule has 0 saturated carbocycles. The molecule has 0 radical (unpaired) electrons. The van der Waals surface area contributed by atoms with Crippen LogP contribution in [0, 0.1) is 5.92 Å². The van der Waals surface area contributed by atoms with Gasteiger partial charge < -0.3 is 10.5 Å². The Hall–Kier alpha value is -1.29. The zero-order chi connectivity index (χ0) is 14.1. The summed E-state index contributed by atoms with van der Waals surface area (Å²) in [5, 5.41) is 2.54. The largest absolute Gasteiger partial charge is 0.496 e. The summed E-state index contributed by atoms with van der Waals surface area (Å²) < 4.78 is 5.56. The molecule has 0 aliphatic carbocycles. The van der Waals surface area contributed by atoms with E-state index in [0.717, 1.165) is 25.4 Å². The second kappa shape index (κ2) is 6.65. The first kappa shape index (κ1) is 16.1. The lowest BCUT2D eigenvalue weighted by molar-refractivity contribution is 0.311. The number of nitrogens with zero attached hydrogens (tertiary/aromatic N) is 1. The first-order valence-electron chi connectivity index (χ1n) is 7.21. The Morgan fingerprint density at radius 1 is 1.19 bits per heavy atom. The highest BCUT2D eigenvalue weighted by Gasteiger charge is 2.27. The molecule has 2 aromatic carbocycles. The lowest BCUT2D eigenvalue weighted by atomic mass is 10.0. The minimum atomic E-state index is 0. The number of likely N-dealkylation sites (tertiary alicyclic amines) is 1. The van der Waals surface area contributed by atoms with Crippen LogP contribution in [0.2, 0.25) is 0 Å². The van der Waals surface area contributed by atoms with Crippen molar-refractivity contribution in [3.05, 3.63) is 42.0 Å². The van der Waals surface area contributed by atoms with Gasteiger partial charge in [-0.05, 0) is 22.8 Å². The number of nitrogens with two attached hydrogens (primary N) is 1. The Kier molecular flexibility index (Phi) is 5.09. The van der Waals surface area contributed by atoms with Crippen LogP contribution >= 0.6 is 12.4 Å². The van der Waals surface area contributed by atoms with Crippen molar-refractivity contribution in [3.8, 4) is 5.75 Å². The summed E-state index contributed by atoms with van der Waals surface area (Å²) >= 11 is 0. The summed E-state index contributed by atoms with van der Waals surface area (Å²) in [5.74, 6) is 1.53. The van der Waals surface area contributed by atoms with Crippen LogP contribution in [0.5, 0.6) is 5.75 Å². The maximum Gasteiger partial charge on any atom is 0.123 e. The van der Waals surface area contributed by atoms with E-state index in [4.69, 9.17) is 10.5 Å². The first-order valence-corrected chi connectivity index (χ1v) is 7.21. The van der Waals surface area contributed by atoms with Crippen LogP contribution in [-0.4, -0.2) is 31.1 Å². The Morgan fingerprint density at radius 3 is 2.62 bits per heavy atom. The number of fused-ring (bicyclic) bond motifs is 1. The number of ether oxygens (including phenoxy) is 1. The minimum absolute atomic E-state index is 0. The van der Waals surface area contributed by atoms with Gasteiger partial charge in [-0.1, -0.05) is 37.3 Å². The van der Waals surface area contributed by atoms with E-state index in [2.05, 4.69) is 48.2 Å². The molecule has 0 bridgehead atoms. The third-order valence-electron chi connectivity index (χ3n) is 4.35. The van der Waals surface area contributed by atoms with E-state index < -0.39 is 0 Å². The Balaban J connectivity index is 0.00000161. The van der Waals surface area contributed by atoms with Gasteiger partial charge in [0.05, 0.1) is 7.11 Å². The third kappa shape index (κ3) is 3.15. The van der Waals surface area contributed by atoms with Gasteiger partial charge in [-0.25, -0.2) is 0 Å². The highest BCUT2D eigenvalue weighted by Crippen LogP contribution is 2.30. The van der Waals surface area contributed by atoms with E-state index in [-0.39, 0.29) is 18.4 Å². The van der Waals surface area contributed by atoms with Crippen molar-refractivity contribution in [1.82, 2.24) is 4.90 Å². The van der Waals surface area contributed by atoms with E-state index in [0.29, 0.717) is 5.92 Å². The molecule has 0 aromatic heterocycles. The van der Waals surface area contributed by atoms with Crippen molar-refractivity contribution >= 4 is 23.2 Å². The van der Waals surface area contributed by atoms with Crippen LogP contribution in [-0.2, 0) is 6.54 Å². The molecule has 0 amide bonds. The Morgan fingerprint density at radius 2 is 1.95 bits per heavy atom. The van der Waals surface area contributed by atoms with Crippen LogP contribution < -0.4 is 10.5 Å². The van der Waals surface area contributed by atoms with Gasteiger partial charge in [-0.3, -0.25) is 4.90 Å². The summed E-state index contributed by atoms with van der Waals surface area (Å²) in [6, 6.07) is 13.0. The second-order valence-electron chi connectivity index (χ2n) is 5.80. The molecule has 1 aliphatic heterocycles. The molecule has 2 N–H and O–H groups in total. The minimum Gasteiger partial charge on any atom is -0.496 e. The normalized spacial score (nSPS) is 22.2. The monoisotopic (exact) mass is 306 g/mol. The van der Waals surface area contributed by atoms with Crippen molar-refractivity contribution in [2.24, 2.45) is 11.7 Å². The van der Waals surface area contributed by atoms with Gasteiger partial charge in [-0.2, -0.15) is 0 Å². The molecule has 1 fully saturated rings. The topological polar surface area (TPSA) is 38.5 Å². The number of hydrogen-bond donors (Lipinski definition) is 1. The predicted molar refractivity (Wildman–Crippen MR) is 90.2 cm³/mol. The predicted octanol–water partition coefficient (Wildman–Crippen LogP) is 3.05. The average molecular weight is 307 g/mol. The fourth-order valence-electron chi connectivity index (χ4n) is 3.12. The standard InChI is InChI=1S/C17H22N2O.ClH/c1-12-9-19(11-16(12)18)10-15-14-6-4-3-5-13(14)7-8-17(15)20-2;/h3-8,12,16H,9-11,18H2,1-2H3;1H. The fourth-order valence-corrected chi connectivity index (χ4v) is 3.12. The van der Waals surface area contributed by atoms with Gasteiger partial charge in [0.15, 0.2) is 0 Å². The van der Waals surface area contributed by atoms with Crippen LogP contribution in [0.1, 0.15) is 12.5 Å². The van der Waals surface area contributed by atoms with Gasteiger partial charge in [0, 0.05) is 31.2 Å². The summed E-state index contributed by atoms with van der Waals surface area (Å²) in [5.41, 5.74) is 7.40. The molecule has 1 heterocycles. The molecule has 1 saturated heterocycles. The van der Waals surface area contributed by atoms with E-state index >= 15 is 0 Å². The van der Waals surface area contributed by atoms with Crippen LogP contribution in [0.4, 0.5) is 0 Å². The maximum atomic E-state index is 6.13. The summed E-state index contributed by atoms with van der Waals surface area (Å²) in [4.78, 5) is 2.43. The number of benzene rings is 2. The lowest BCUT2D eigenvalue weighted by Gasteiger charge is -2.19. The van der Waals surface area contributed by atoms with E-state index in [9.17, 15) is 0 Å². The molecule has 3 rings (SSSR count). The summed E-state index contributed by atoms with van der Waals surface area (Å²) in [7, 11) is 1.74. The van der Waals surface area contributed by atoms with Crippen molar-refractivity contribution in [3.63, 3.8) is 0 Å². The fraction of sp³-hybridized carbons (Fsp3) is 0.412. The van der Waals surface area contributed by atoms with Gasteiger partial charge in [0.25, 0.3) is 0 Å². The number of halogens is 1. The molecular weight excluding hydrogens is 284 g/mol. The summed E-state index contributed by atoms with van der Waals surface area (Å²) in [6.45, 7) is 5.16. The van der Waals surface area contributed by atoms with Gasteiger partial charge in [0.1, 0.15) is 5.75 Å². The van der Waals surface area contributed by atoms with Gasteiger partial charge >= 0.3 is 0 Å². The van der Waals surface area contributed by atoms with E-state index in [1.165, 1.54) is 16.3 Å². The molecule has 114 valence electrons. The Bertz CT molecular complexity index is 607. The van der Waals surface area contributed by atoms with Crippen LogP contribution in [0.15, 0.2) is 36.4 Å². The Labute approximate surface area is 132 Å². The number of methoxy groups -OCH3 is 1. The van der Waals surface area contributed by atoms with Crippen molar-refractivity contribution < 1.29 is 4.74 Å². The van der Waals surface area contributed by atoms with Gasteiger partial charge in [-0.15, -0.1) is 12.4 Å². The average Bonchev–Trinajstić information content (AvgIpc) is 2.78. The molecule has 4 heteroatoms. The highest BCUT2D eigenvalue weighted by molar-refractivity contribution is 5.87. The number of rotatable bonds is 3. The van der Waals surface area contributed by atoms with Crippen molar-refractivity contribution in [2.45, 2.75) is 19.5 Å². The zero-order valence-corrected chi connectivity index (χ0v) is 13.4. The molecule has 2 unspecified atom stereocenters. The van der Waals surface area contributed by atoms with E-state index in [1.807, 2.05) is 0 Å². The van der Waals surface area contributed by atoms with Crippen LogP contribution in [0.25, 0.3) is 10.8 Å². The van der Waals surface area contributed by atoms with Crippen molar-refractivity contribution in [1.29, 1.82) is 0 Å². The smallest absolute Gasteiger partial charge is 0.123 e. The SMILES string of the molecule is COc1ccc2ccccc2c1CN1CC(C)C(N)C1.Cl. The number of hydrogen-bond acceptors (Lipinski definition) is 3. The molecule has 1 aliphatic rings. The maximum absolute atomic E-state index is 6.13. The second-order valence-corrected chi connectivity index (χ2v) is 5.80. The lowest BCUT2D eigenvalue weighted by Crippen LogP contribution is -2.28.